The molecule has 0 amide bonds. The molecule has 0 spiro atoms. The number of hydrogen-bond donors (Lipinski definition) is 5. The fourth-order valence-electron chi connectivity index (χ4n) is 2.00. The van der Waals surface area contributed by atoms with Crippen molar-refractivity contribution in [3.63, 3.8) is 0 Å². The molecule has 6 N–H and O–H groups in total. The Balaban J connectivity index is 2.28. The second-order valence-corrected chi connectivity index (χ2v) is 4.77. The molecule has 0 saturated carbocycles. The maximum absolute atomic E-state index is 9.70. The van der Waals surface area contributed by atoms with Crippen LogP contribution in [0.25, 0.3) is 0 Å². The van der Waals surface area contributed by atoms with E-state index in [4.69, 9.17) is 20.3 Å². The Hall–Kier alpha value is -0.280. The average molecular weight is 279 g/mol. The molecule has 0 aromatic heterocycles. The second-order valence-electron chi connectivity index (χ2n) is 4.77. The lowest BCUT2D eigenvalue weighted by atomic mass is 9.99. The van der Waals surface area contributed by atoms with Gasteiger partial charge in [0.05, 0.1) is 6.61 Å². The predicted molar refractivity (Wildman–Crippen MR) is 67.2 cm³/mol. The van der Waals surface area contributed by atoms with E-state index in [1.807, 2.05) is 0 Å². The van der Waals surface area contributed by atoms with Crippen molar-refractivity contribution in [1.82, 2.24) is 0 Å². The van der Waals surface area contributed by atoms with Gasteiger partial charge in [-0.15, -0.1) is 0 Å². The molecule has 1 aliphatic heterocycles. The fourth-order valence-corrected chi connectivity index (χ4v) is 2.00. The molecular formula is C12H25NO6. The molecule has 0 aromatic carbocycles. The Bertz CT molecular complexity index is 240. The van der Waals surface area contributed by atoms with Crippen LogP contribution >= 0.6 is 0 Å². The summed E-state index contributed by atoms with van der Waals surface area (Å²) in [6, 6.07) is 0. The third-order valence-corrected chi connectivity index (χ3v) is 3.23. The van der Waals surface area contributed by atoms with Crippen molar-refractivity contribution in [3.8, 4) is 0 Å². The largest absolute Gasteiger partial charge is 0.394 e. The highest BCUT2D eigenvalue weighted by Crippen LogP contribution is 2.22. The number of rotatable bonds is 8. The van der Waals surface area contributed by atoms with Crippen LogP contribution in [0.2, 0.25) is 0 Å². The van der Waals surface area contributed by atoms with E-state index in [9.17, 15) is 15.3 Å². The summed E-state index contributed by atoms with van der Waals surface area (Å²) in [5.41, 5.74) is 5.38. The van der Waals surface area contributed by atoms with Gasteiger partial charge < -0.3 is 35.6 Å². The summed E-state index contributed by atoms with van der Waals surface area (Å²) in [6.07, 6.45) is -2.22. The van der Waals surface area contributed by atoms with Gasteiger partial charge in [-0.25, -0.2) is 0 Å². The Labute approximate surface area is 112 Å². The van der Waals surface area contributed by atoms with Gasteiger partial charge in [0.25, 0.3) is 0 Å². The fraction of sp³-hybridized carbons (Fsp3) is 1.00. The first-order chi connectivity index (χ1) is 9.11. The number of unbranched alkanes of at least 4 members (excludes halogenated alkanes) is 3. The minimum Gasteiger partial charge on any atom is -0.394 e. The lowest BCUT2D eigenvalue weighted by molar-refractivity contribution is -0.301. The van der Waals surface area contributed by atoms with Crippen molar-refractivity contribution >= 4 is 0 Å². The van der Waals surface area contributed by atoms with Crippen LogP contribution in [0.15, 0.2) is 0 Å². The van der Waals surface area contributed by atoms with E-state index in [0.717, 1.165) is 25.7 Å². The highest BCUT2D eigenvalue weighted by atomic mass is 16.7. The van der Waals surface area contributed by atoms with E-state index in [1.165, 1.54) is 0 Å². The van der Waals surface area contributed by atoms with Gasteiger partial charge in [0.15, 0.2) is 6.29 Å². The average Bonchev–Trinajstić information content (AvgIpc) is 2.42. The molecule has 5 atom stereocenters. The molecule has 0 aliphatic carbocycles. The normalized spacial score (nSPS) is 35.5. The molecule has 1 rings (SSSR count). The molecule has 0 radical (unpaired) electrons. The molecule has 114 valence electrons. The summed E-state index contributed by atoms with van der Waals surface area (Å²) in [5, 5.41) is 37.8. The monoisotopic (exact) mass is 279 g/mol. The Morgan fingerprint density at radius 3 is 2.26 bits per heavy atom. The van der Waals surface area contributed by atoms with Crippen LogP contribution < -0.4 is 5.73 Å². The van der Waals surface area contributed by atoms with E-state index in [1.54, 1.807) is 0 Å². The van der Waals surface area contributed by atoms with Crippen molar-refractivity contribution in [3.05, 3.63) is 0 Å². The van der Waals surface area contributed by atoms with Gasteiger partial charge in [0, 0.05) is 6.61 Å². The summed E-state index contributed by atoms with van der Waals surface area (Å²) in [5.74, 6) is 0. The van der Waals surface area contributed by atoms with Gasteiger partial charge in [-0.1, -0.05) is 12.8 Å². The van der Waals surface area contributed by atoms with E-state index >= 15 is 0 Å². The van der Waals surface area contributed by atoms with Gasteiger partial charge in [-0.3, -0.25) is 0 Å². The summed E-state index contributed by atoms with van der Waals surface area (Å²) >= 11 is 0. The minimum absolute atomic E-state index is 0.382. The first kappa shape index (κ1) is 16.8. The molecule has 1 heterocycles. The molecule has 0 unspecified atom stereocenters. The van der Waals surface area contributed by atoms with Crippen molar-refractivity contribution in [1.29, 1.82) is 0 Å². The smallest absolute Gasteiger partial charge is 0.186 e. The first-order valence-electron chi connectivity index (χ1n) is 6.74. The van der Waals surface area contributed by atoms with Crippen LogP contribution in [-0.4, -0.2) is 70.9 Å². The van der Waals surface area contributed by atoms with Gasteiger partial charge in [0.2, 0.25) is 0 Å². The predicted octanol–water partition coefficient (Wildman–Crippen LogP) is -1.68. The molecule has 1 fully saturated rings. The van der Waals surface area contributed by atoms with E-state index in [0.29, 0.717) is 13.2 Å². The third-order valence-electron chi connectivity index (χ3n) is 3.23. The van der Waals surface area contributed by atoms with Gasteiger partial charge in [0.1, 0.15) is 24.4 Å². The molecule has 1 saturated heterocycles. The van der Waals surface area contributed by atoms with Crippen LogP contribution in [0.3, 0.4) is 0 Å². The highest BCUT2D eigenvalue weighted by molar-refractivity contribution is 4.88. The van der Waals surface area contributed by atoms with E-state index < -0.39 is 37.3 Å². The summed E-state index contributed by atoms with van der Waals surface area (Å²) in [6.45, 7) is 0.613. The number of aliphatic hydroxyl groups is 4. The molecule has 0 aromatic rings. The number of hydrogen-bond acceptors (Lipinski definition) is 7. The zero-order chi connectivity index (χ0) is 14.3. The van der Waals surface area contributed by atoms with E-state index in [2.05, 4.69) is 0 Å². The Morgan fingerprint density at radius 2 is 1.63 bits per heavy atom. The number of aliphatic hydroxyl groups excluding tert-OH is 4. The van der Waals surface area contributed by atoms with Crippen LogP contribution in [0.4, 0.5) is 0 Å². The van der Waals surface area contributed by atoms with Crippen LogP contribution in [0, 0.1) is 0 Å². The van der Waals surface area contributed by atoms with Crippen molar-refractivity contribution < 1.29 is 29.9 Å². The second kappa shape index (κ2) is 8.80. The topological polar surface area (TPSA) is 125 Å². The molecule has 7 nitrogen and oxygen atoms in total. The minimum atomic E-state index is -1.38. The van der Waals surface area contributed by atoms with Crippen LogP contribution in [0.1, 0.15) is 25.7 Å². The molecule has 1 aliphatic rings. The third kappa shape index (κ3) is 4.96. The number of ether oxygens (including phenoxy) is 2. The quantitative estimate of drug-likeness (QED) is 0.336. The Kier molecular flexibility index (Phi) is 7.77. The zero-order valence-electron chi connectivity index (χ0n) is 11.0. The van der Waals surface area contributed by atoms with Crippen LogP contribution in [-0.2, 0) is 9.47 Å². The maximum atomic E-state index is 9.70. The van der Waals surface area contributed by atoms with Crippen molar-refractivity contribution in [2.24, 2.45) is 5.73 Å². The molecular weight excluding hydrogens is 254 g/mol. The molecule has 7 heteroatoms. The van der Waals surface area contributed by atoms with Gasteiger partial charge in [-0.2, -0.15) is 0 Å². The summed E-state index contributed by atoms with van der Waals surface area (Å²) in [4.78, 5) is 0. The summed E-state index contributed by atoms with van der Waals surface area (Å²) < 4.78 is 10.5. The van der Waals surface area contributed by atoms with Gasteiger partial charge in [-0.05, 0) is 19.4 Å². The summed E-state index contributed by atoms with van der Waals surface area (Å²) in [7, 11) is 0. The Morgan fingerprint density at radius 1 is 0.947 bits per heavy atom. The molecule has 19 heavy (non-hydrogen) atoms. The molecule has 0 bridgehead atoms. The standard InChI is InChI=1S/C12H25NO6/c13-5-3-1-2-4-6-18-12-11(17)10(16)9(15)8(7-14)19-12/h8-12,14-17H,1-7,13H2/t8-,9+,10-,11+,12+/m0/s1. The number of nitrogens with two attached hydrogens (primary N) is 1. The highest BCUT2D eigenvalue weighted by Gasteiger charge is 2.43. The van der Waals surface area contributed by atoms with Crippen molar-refractivity contribution in [2.75, 3.05) is 19.8 Å². The maximum Gasteiger partial charge on any atom is 0.186 e. The van der Waals surface area contributed by atoms with Crippen molar-refractivity contribution in [2.45, 2.75) is 56.4 Å². The van der Waals surface area contributed by atoms with E-state index in [-0.39, 0.29) is 0 Å². The lowest BCUT2D eigenvalue weighted by Gasteiger charge is -2.39. The zero-order valence-corrected chi connectivity index (χ0v) is 11.0. The van der Waals surface area contributed by atoms with Gasteiger partial charge >= 0.3 is 0 Å². The first-order valence-corrected chi connectivity index (χ1v) is 6.74. The SMILES string of the molecule is NCCCCCCO[C@@H]1O[C@@H](CO)[C@@H](O)[C@H](O)[C@H]1O. The lowest BCUT2D eigenvalue weighted by Crippen LogP contribution is -2.59. The van der Waals surface area contributed by atoms with Crippen LogP contribution in [0.5, 0.6) is 0 Å².